The molecule has 2 aromatic carbocycles. The number of terminal acetylenes is 1. The van der Waals surface area contributed by atoms with Crippen LogP contribution in [-0.4, -0.2) is 76.4 Å². The molecule has 0 spiro atoms. The van der Waals surface area contributed by atoms with Gasteiger partial charge in [-0.15, -0.1) is 6.42 Å². The van der Waals surface area contributed by atoms with Gasteiger partial charge in [0.05, 0.1) is 17.6 Å². The monoisotopic (exact) mass is 638 g/mol. The zero-order valence-electron chi connectivity index (χ0n) is 26.9. The predicted molar refractivity (Wildman–Crippen MR) is 178 cm³/mol. The van der Waals surface area contributed by atoms with E-state index in [1.165, 1.54) is 43.8 Å². The summed E-state index contributed by atoms with van der Waals surface area (Å²) in [5.74, 6) is 3.31. The van der Waals surface area contributed by atoms with E-state index in [1.54, 1.807) is 6.20 Å². The van der Waals surface area contributed by atoms with Gasteiger partial charge in [0.25, 0.3) is 0 Å². The molecular formula is C37H40F2N6O2. The normalized spacial score (nSPS) is 24.8. The molecule has 0 amide bonds. The van der Waals surface area contributed by atoms with Gasteiger partial charge >= 0.3 is 6.01 Å². The van der Waals surface area contributed by atoms with Crippen molar-refractivity contribution in [2.45, 2.75) is 58.0 Å². The third-order valence-corrected chi connectivity index (χ3v) is 10.8. The maximum absolute atomic E-state index is 16.9. The van der Waals surface area contributed by atoms with Gasteiger partial charge in [-0.05, 0) is 67.5 Å². The highest BCUT2D eigenvalue weighted by molar-refractivity contribution is 6.03. The molecule has 10 heteroatoms. The topological polar surface area (TPSA) is 86.6 Å². The third kappa shape index (κ3) is 5.53. The number of phenols is 1. The van der Waals surface area contributed by atoms with Gasteiger partial charge in [0, 0.05) is 67.4 Å². The summed E-state index contributed by atoms with van der Waals surface area (Å²) in [6.45, 7) is 9.55. The highest BCUT2D eigenvalue weighted by Gasteiger charge is 2.50. The van der Waals surface area contributed by atoms with Crippen LogP contribution >= 0.6 is 0 Å². The van der Waals surface area contributed by atoms with Gasteiger partial charge in [-0.3, -0.25) is 4.98 Å². The minimum atomic E-state index is -0.707. The van der Waals surface area contributed by atoms with Crippen molar-refractivity contribution in [2.24, 2.45) is 17.3 Å². The number of ether oxygens (including phenoxy) is 1. The molecule has 244 valence electrons. The SMILES string of the molecule is C#Cc1c(F)ccc2cc(O)cc(-c3ncc4c(N5CC(CC)NC(CC)C5)nc(OCC5(CN6CC7CC7C6)CC5)nc4c3F)c12. The maximum Gasteiger partial charge on any atom is 0.319 e. The van der Waals surface area contributed by atoms with Crippen molar-refractivity contribution < 1.29 is 18.6 Å². The number of pyridine rings is 1. The lowest BCUT2D eigenvalue weighted by Gasteiger charge is -2.39. The lowest BCUT2D eigenvalue weighted by molar-refractivity contribution is 0.163. The molecule has 4 heterocycles. The van der Waals surface area contributed by atoms with Crippen molar-refractivity contribution in [1.29, 1.82) is 0 Å². The van der Waals surface area contributed by atoms with E-state index >= 15 is 4.39 Å². The average molecular weight is 639 g/mol. The van der Waals surface area contributed by atoms with E-state index in [4.69, 9.17) is 16.1 Å². The largest absolute Gasteiger partial charge is 0.508 e. The molecule has 2 aliphatic carbocycles. The van der Waals surface area contributed by atoms with Crippen LogP contribution in [0.1, 0.15) is 51.5 Å². The number of halogens is 2. The van der Waals surface area contributed by atoms with Crippen LogP contribution in [0.25, 0.3) is 32.9 Å². The Bertz CT molecular complexity index is 1900. The number of benzene rings is 2. The van der Waals surface area contributed by atoms with Crippen LogP contribution in [0.3, 0.4) is 0 Å². The lowest BCUT2D eigenvalue weighted by atomic mass is 9.95. The van der Waals surface area contributed by atoms with Crippen LogP contribution < -0.4 is 15.0 Å². The van der Waals surface area contributed by atoms with E-state index in [1.807, 2.05) is 0 Å². The molecule has 2 aliphatic heterocycles. The molecule has 0 radical (unpaired) electrons. The number of piperazine rings is 1. The lowest BCUT2D eigenvalue weighted by Crippen LogP contribution is -2.56. The molecule has 4 aromatic rings. The Morgan fingerprint density at radius 3 is 2.49 bits per heavy atom. The molecule has 4 aliphatic rings. The first-order chi connectivity index (χ1) is 22.8. The number of anilines is 1. The molecule has 0 bridgehead atoms. The number of piperidine rings is 1. The van der Waals surface area contributed by atoms with Crippen LogP contribution in [0.15, 0.2) is 30.5 Å². The molecule has 4 unspecified atom stereocenters. The highest BCUT2D eigenvalue weighted by Crippen LogP contribution is 2.51. The van der Waals surface area contributed by atoms with Crippen molar-refractivity contribution in [3.63, 3.8) is 0 Å². The summed E-state index contributed by atoms with van der Waals surface area (Å²) in [6.07, 6.45) is 12.7. The predicted octanol–water partition coefficient (Wildman–Crippen LogP) is 5.89. The third-order valence-electron chi connectivity index (χ3n) is 10.8. The molecule has 8 rings (SSSR count). The summed E-state index contributed by atoms with van der Waals surface area (Å²) in [4.78, 5) is 18.9. The van der Waals surface area contributed by atoms with E-state index in [0.717, 1.165) is 44.1 Å². The summed E-state index contributed by atoms with van der Waals surface area (Å²) >= 11 is 0. The Kier molecular flexibility index (Phi) is 7.45. The van der Waals surface area contributed by atoms with Crippen LogP contribution in [0.5, 0.6) is 11.8 Å². The Balaban J connectivity index is 1.22. The molecule has 2 saturated carbocycles. The minimum absolute atomic E-state index is 0.0201. The number of fused-ring (bicyclic) bond motifs is 3. The number of aromatic nitrogens is 3. The molecule has 4 fully saturated rings. The summed E-state index contributed by atoms with van der Waals surface area (Å²) in [5, 5.41) is 15.5. The second-order valence-corrected chi connectivity index (χ2v) is 14.2. The van der Waals surface area contributed by atoms with Crippen LogP contribution in [-0.2, 0) is 0 Å². The van der Waals surface area contributed by atoms with Crippen molar-refractivity contribution in [1.82, 2.24) is 25.2 Å². The van der Waals surface area contributed by atoms with Gasteiger partial charge in [0.1, 0.15) is 28.6 Å². The number of hydrogen-bond acceptors (Lipinski definition) is 8. The summed E-state index contributed by atoms with van der Waals surface area (Å²) in [6, 6.07) is 6.23. The van der Waals surface area contributed by atoms with E-state index < -0.39 is 11.6 Å². The minimum Gasteiger partial charge on any atom is -0.508 e. The van der Waals surface area contributed by atoms with Crippen LogP contribution in [0.4, 0.5) is 14.6 Å². The summed E-state index contributed by atoms with van der Waals surface area (Å²) in [7, 11) is 0. The Morgan fingerprint density at radius 2 is 1.81 bits per heavy atom. The molecule has 8 nitrogen and oxygen atoms in total. The van der Waals surface area contributed by atoms with E-state index in [-0.39, 0.29) is 51.6 Å². The zero-order chi connectivity index (χ0) is 32.4. The van der Waals surface area contributed by atoms with Gasteiger partial charge < -0.3 is 25.0 Å². The van der Waals surface area contributed by atoms with E-state index in [2.05, 4.69) is 44.9 Å². The fourth-order valence-corrected chi connectivity index (χ4v) is 7.82. The van der Waals surface area contributed by atoms with Crippen LogP contribution in [0.2, 0.25) is 0 Å². The fourth-order valence-electron chi connectivity index (χ4n) is 7.82. The summed E-state index contributed by atoms with van der Waals surface area (Å²) in [5.41, 5.74) is 0.223. The Morgan fingerprint density at radius 1 is 1.06 bits per heavy atom. The first kappa shape index (κ1) is 30.3. The number of hydrogen-bond donors (Lipinski definition) is 2. The van der Waals surface area contributed by atoms with Gasteiger partial charge in [0.15, 0.2) is 5.82 Å². The average Bonchev–Trinajstić information content (AvgIpc) is 3.99. The van der Waals surface area contributed by atoms with Crippen LogP contribution in [0, 0.1) is 41.2 Å². The number of likely N-dealkylation sites (tertiary alicyclic amines) is 1. The molecule has 47 heavy (non-hydrogen) atoms. The molecule has 4 atom stereocenters. The number of nitrogens with one attached hydrogen (secondary N) is 1. The number of nitrogens with zero attached hydrogens (tertiary/aromatic N) is 5. The molecule has 2 aromatic heterocycles. The second kappa shape index (κ2) is 11.6. The zero-order valence-corrected chi connectivity index (χ0v) is 26.9. The number of rotatable bonds is 9. The first-order valence-electron chi connectivity index (χ1n) is 16.9. The number of aromatic hydroxyl groups is 1. The standard InChI is InChI=1S/C37H40F2N6O2/c1-4-24-17-45(18-25(5-2)41-24)35-29-14-40-33(28-13-26(46)12-21-7-8-30(38)27(6-3)31(21)28)32(39)34(29)42-36(43-35)47-20-37(9-10-37)19-44-15-22-11-23(22)16-44/h3,7-8,12-14,22-25,41,46H,4-5,9-11,15-20H2,1-2H3. The molecular weight excluding hydrogens is 598 g/mol. The van der Waals surface area contributed by atoms with Crippen molar-refractivity contribution >= 4 is 27.5 Å². The first-order valence-corrected chi connectivity index (χ1v) is 16.9. The van der Waals surface area contributed by atoms with Gasteiger partial charge in [-0.1, -0.05) is 25.8 Å². The van der Waals surface area contributed by atoms with Gasteiger partial charge in [-0.2, -0.15) is 9.97 Å². The summed E-state index contributed by atoms with van der Waals surface area (Å²) < 4.78 is 38.1. The smallest absolute Gasteiger partial charge is 0.319 e. The van der Waals surface area contributed by atoms with Crippen molar-refractivity contribution in [3.05, 3.63) is 47.7 Å². The fraction of sp³-hybridized carbons (Fsp3) is 0.486. The van der Waals surface area contributed by atoms with E-state index in [0.29, 0.717) is 41.7 Å². The Labute approximate surface area is 273 Å². The van der Waals surface area contributed by atoms with Gasteiger partial charge in [-0.25, -0.2) is 8.78 Å². The Hall–Kier alpha value is -4.07. The number of phenolic OH excluding ortho intramolecular Hbond substituents is 1. The second-order valence-electron chi connectivity index (χ2n) is 14.2. The van der Waals surface area contributed by atoms with Gasteiger partial charge in [0.2, 0.25) is 0 Å². The molecule has 2 N–H and O–H groups in total. The highest BCUT2D eigenvalue weighted by atomic mass is 19.1. The van der Waals surface area contributed by atoms with E-state index in [9.17, 15) is 9.50 Å². The maximum atomic E-state index is 16.9. The quantitative estimate of drug-likeness (QED) is 0.220. The van der Waals surface area contributed by atoms with Crippen molar-refractivity contribution in [3.8, 4) is 35.4 Å². The van der Waals surface area contributed by atoms with Crippen molar-refractivity contribution in [2.75, 3.05) is 44.2 Å². The molecule has 2 saturated heterocycles.